The molecule has 7 heteroatoms. The van der Waals surface area contributed by atoms with Crippen molar-refractivity contribution in [3.05, 3.63) is 64.6 Å². The summed E-state index contributed by atoms with van der Waals surface area (Å²) in [7, 11) is 0. The van der Waals surface area contributed by atoms with Gasteiger partial charge in [0, 0.05) is 61.6 Å². The average molecular weight is 421 g/mol. The van der Waals surface area contributed by atoms with E-state index in [1.165, 1.54) is 11.1 Å². The van der Waals surface area contributed by atoms with E-state index in [1.807, 2.05) is 17.9 Å². The van der Waals surface area contributed by atoms with E-state index in [4.69, 9.17) is 0 Å². The highest BCUT2D eigenvalue weighted by Gasteiger charge is 2.32. The van der Waals surface area contributed by atoms with Crippen molar-refractivity contribution in [3.8, 4) is 0 Å². The largest absolute Gasteiger partial charge is 0.333 e. The lowest BCUT2D eigenvalue weighted by molar-refractivity contribution is 0.187. The minimum Gasteiger partial charge on any atom is -0.333 e. The van der Waals surface area contributed by atoms with Gasteiger partial charge >= 0.3 is 6.03 Å². The molecule has 2 aliphatic heterocycles. The molecule has 1 fully saturated rings. The Kier molecular flexibility index (Phi) is 6.51. The third kappa shape index (κ3) is 4.71. The fourth-order valence-electron chi connectivity index (χ4n) is 4.47. The van der Waals surface area contributed by atoms with Crippen molar-refractivity contribution in [3.63, 3.8) is 0 Å². The summed E-state index contributed by atoms with van der Waals surface area (Å²) in [6.07, 6.45) is 6.39. The van der Waals surface area contributed by atoms with Crippen LogP contribution < -0.4 is 10.6 Å². The molecule has 2 aromatic rings. The number of H-pyrrole nitrogens is 1. The molecule has 2 amide bonds. The van der Waals surface area contributed by atoms with Gasteiger partial charge in [-0.1, -0.05) is 42.8 Å². The van der Waals surface area contributed by atoms with Crippen LogP contribution in [0.1, 0.15) is 53.8 Å². The predicted molar refractivity (Wildman–Crippen MR) is 124 cm³/mol. The fourth-order valence-corrected chi connectivity index (χ4v) is 4.47. The molecule has 0 spiro atoms. The molecule has 4 rings (SSSR count). The van der Waals surface area contributed by atoms with Crippen LogP contribution >= 0.6 is 0 Å². The first-order valence-electron chi connectivity index (χ1n) is 11.1. The minimum atomic E-state index is 0.00221. The van der Waals surface area contributed by atoms with Crippen LogP contribution in [0.4, 0.5) is 4.79 Å². The summed E-state index contributed by atoms with van der Waals surface area (Å²) in [6.45, 7) is 9.04. The standard InChI is InChI=1S/C24H32N6O/c1-4-25-11-9-17(3)23-20-15-30(12-10-21(20)28-29-23)24(31)27-22-14-26-13-19(22)18-7-5-16(2)6-8-18/h4-9,11,17,19,22,26H,10,12-15H2,1-3H3,(H,27,31)(H,28,29)/b11-9-,25-4?. The number of urea groups is 1. The van der Waals surface area contributed by atoms with E-state index in [1.54, 1.807) is 12.4 Å². The van der Waals surface area contributed by atoms with Crippen molar-refractivity contribution in [1.82, 2.24) is 25.7 Å². The zero-order chi connectivity index (χ0) is 21.8. The second kappa shape index (κ2) is 9.47. The number of aliphatic imine (C=N–C) groups is 1. The van der Waals surface area contributed by atoms with Gasteiger partial charge in [-0.2, -0.15) is 5.10 Å². The number of amides is 2. The average Bonchev–Trinajstić information content (AvgIpc) is 3.41. The van der Waals surface area contributed by atoms with Crippen molar-refractivity contribution >= 4 is 12.2 Å². The number of aromatic amines is 1. The van der Waals surface area contributed by atoms with Gasteiger partial charge < -0.3 is 15.5 Å². The summed E-state index contributed by atoms with van der Waals surface area (Å²) >= 11 is 0. The Balaban J connectivity index is 1.43. The van der Waals surface area contributed by atoms with E-state index in [-0.39, 0.29) is 18.0 Å². The summed E-state index contributed by atoms with van der Waals surface area (Å²) in [6, 6.07) is 8.72. The Hall–Kier alpha value is -2.93. The van der Waals surface area contributed by atoms with Gasteiger partial charge in [0.25, 0.3) is 0 Å². The Morgan fingerprint density at radius 1 is 1.32 bits per heavy atom. The molecular weight excluding hydrogens is 388 g/mol. The second-order valence-corrected chi connectivity index (χ2v) is 8.51. The number of allylic oxidation sites excluding steroid dienone is 1. The molecular formula is C24H32N6O. The SMILES string of the molecule is CC=N/C=C\C(C)c1n[nH]c2c1CN(C(=O)NC1CNCC1c1ccc(C)cc1)CC2. The van der Waals surface area contributed by atoms with E-state index in [0.717, 1.165) is 36.5 Å². The monoisotopic (exact) mass is 420 g/mol. The maximum atomic E-state index is 13.1. The van der Waals surface area contributed by atoms with Gasteiger partial charge in [0.1, 0.15) is 0 Å². The maximum Gasteiger partial charge on any atom is 0.317 e. The number of aryl methyl sites for hydroxylation is 1. The van der Waals surface area contributed by atoms with Crippen molar-refractivity contribution < 1.29 is 4.79 Å². The number of benzene rings is 1. The van der Waals surface area contributed by atoms with Gasteiger partial charge in [0.15, 0.2) is 0 Å². The number of rotatable bonds is 5. The third-order valence-electron chi connectivity index (χ3n) is 6.32. The summed E-state index contributed by atoms with van der Waals surface area (Å²) in [5.74, 6) is 0.426. The van der Waals surface area contributed by atoms with Gasteiger partial charge in [0.2, 0.25) is 0 Å². The van der Waals surface area contributed by atoms with Crippen molar-refractivity contribution in [2.24, 2.45) is 4.99 Å². The highest BCUT2D eigenvalue weighted by molar-refractivity contribution is 5.75. The molecule has 3 heterocycles. The van der Waals surface area contributed by atoms with Gasteiger partial charge in [0.05, 0.1) is 18.3 Å². The van der Waals surface area contributed by atoms with E-state index in [9.17, 15) is 4.79 Å². The molecule has 31 heavy (non-hydrogen) atoms. The molecule has 1 saturated heterocycles. The number of carbonyl (C=O) groups is 1. The molecule has 3 unspecified atom stereocenters. The fraction of sp³-hybridized carbons (Fsp3) is 0.458. The van der Waals surface area contributed by atoms with Crippen LogP contribution in [0.5, 0.6) is 0 Å². The number of carbonyl (C=O) groups excluding carboxylic acids is 1. The number of hydrogen-bond donors (Lipinski definition) is 3. The van der Waals surface area contributed by atoms with Crippen LogP contribution in [-0.2, 0) is 13.0 Å². The molecule has 3 atom stereocenters. The summed E-state index contributed by atoms with van der Waals surface area (Å²) in [5.41, 5.74) is 5.79. The van der Waals surface area contributed by atoms with Crippen LogP contribution in [-0.4, -0.2) is 53.0 Å². The van der Waals surface area contributed by atoms with Crippen LogP contribution in [0.15, 0.2) is 41.5 Å². The summed E-state index contributed by atoms with van der Waals surface area (Å²) in [5, 5.41) is 14.4. The van der Waals surface area contributed by atoms with Crippen LogP contribution in [0.2, 0.25) is 0 Å². The van der Waals surface area contributed by atoms with Crippen LogP contribution in [0, 0.1) is 6.92 Å². The minimum absolute atomic E-state index is 0.00221. The van der Waals surface area contributed by atoms with Gasteiger partial charge in [-0.15, -0.1) is 0 Å². The molecule has 0 bridgehead atoms. The molecule has 0 saturated carbocycles. The van der Waals surface area contributed by atoms with E-state index in [0.29, 0.717) is 19.0 Å². The van der Waals surface area contributed by atoms with Gasteiger partial charge in [-0.05, 0) is 19.4 Å². The molecule has 2 aliphatic rings. The molecule has 164 valence electrons. The van der Waals surface area contributed by atoms with Crippen molar-refractivity contribution in [2.45, 2.75) is 51.6 Å². The van der Waals surface area contributed by atoms with Crippen molar-refractivity contribution in [2.75, 3.05) is 19.6 Å². The lowest BCUT2D eigenvalue weighted by Crippen LogP contribution is -2.48. The number of nitrogens with one attached hydrogen (secondary N) is 3. The van der Waals surface area contributed by atoms with Crippen LogP contribution in [0.25, 0.3) is 0 Å². The molecule has 3 N–H and O–H groups in total. The quantitative estimate of drug-likeness (QED) is 0.649. The second-order valence-electron chi connectivity index (χ2n) is 8.51. The first-order chi connectivity index (χ1) is 15.1. The highest BCUT2D eigenvalue weighted by Crippen LogP contribution is 2.28. The van der Waals surface area contributed by atoms with E-state index >= 15 is 0 Å². The topological polar surface area (TPSA) is 85.4 Å². The molecule has 0 aliphatic carbocycles. The molecule has 7 nitrogen and oxygen atoms in total. The maximum absolute atomic E-state index is 13.1. The van der Waals surface area contributed by atoms with Gasteiger partial charge in [-0.3, -0.25) is 10.1 Å². The third-order valence-corrected chi connectivity index (χ3v) is 6.32. The lowest BCUT2D eigenvalue weighted by Gasteiger charge is -2.30. The first kappa shape index (κ1) is 21.3. The Morgan fingerprint density at radius 2 is 2.13 bits per heavy atom. The van der Waals surface area contributed by atoms with Crippen molar-refractivity contribution in [1.29, 1.82) is 0 Å². The lowest BCUT2D eigenvalue weighted by atomic mass is 9.93. The Morgan fingerprint density at radius 3 is 2.90 bits per heavy atom. The van der Waals surface area contributed by atoms with Gasteiger partial charge in [-0.25, -0.2) is 4.79 Å². The van der Waals surface area contributed by atoms with Crippen LogP contribution in [0.3, 0.4) is 0 Å². The molecule has 0 radical (unpaired) electrons. The molecule has 1 aromatic heterocycles. The zero-order valence-electron chi connectivity index (χ0n) is 18.6. The van der Waals surface area contributed by atoms with E-state index < -0.39 is 0 Å². The summed E-state index contributed by atoms with van der Waals surface area (Å²) in [4.78, 5) is 19.2. The molecule has 1 aromatic carbocycles. The number of aromatic nitrogens is 2. The first-order valence-corrected chi connectivity index (χ1v) is 11.1. The normalized spacial score (nSPS) is 22.2. The Labute approximate surface area is 184 Å². The van der Waals surface area contributed by atoms with E-state index in [2.05, 4.69) is 63.9 Å². The zero-order valence-corrected chi connectivity index (χ0v) is 18.6. The summed E-state index contributed by atoms with van der Waals surface area (Å²) < 4.78 is 0. The number of fused-ring (bicyclic) bond motifs is 1. The smallest absolute Gasteiger partial charge is 0.317 e. The highest BCUT2D eigenvalue weighted by atomic mass is 16.2. The number of hydrogen-bond acceptors (Lipinski definition) is 4. The Bertz CT molecular complexity index is 961. The number of nitrogens with zero attached hydrogens (tertiary/aromatic N) is 3. The predicted octanol–water partition coefficient (Wildman–Crippen LogP) is 3.25.